The molecule has 1 rings (SSSR count). The van der Waals surface area contributed by atoms with Crippen molar-refractivity contribution in [1.29, 1.82) is 0 Å². The second-order valence-corrected chi connectivity index (χ2v) is 3.18. The highest BCUT2D eigenvalue weighted by molar-refractivity contribution is 5.22. The standard InChI is InChI=1S/C11H16N/c1-4-10-5-7-11(8-6-10)9-12(2)3/h5-8H,2,4,9H2,1,3H3/q-1. The SMILES string of the molecule is [CH2-]N(C)Cc1ccc(CC)cc1. The van der Waals surface area contributed by atoms with E-state index in [1.807, 2.05) is 11.9 Å². The molecule has 0 bridgehead atoms. The minimum atomic E-state index is 0.921. The summed E-state index contributed by atoms with van der Waals surface area (Å²) in [4.78, 5) is 1.93. The van der Waals surface area contributed by atoms with Crippen LogP contribution >= 0.6 is 0 Å². The molecule has 0 radical (unpaired) electrons. The van der Waals surface area contributed by atoms with E-state index < -0.39 is 0 Å². The van der Waals surface area contributed by atoms with E-state index in [9.17, 15) is 0 Å². The number of aryl methyl sites for hydroxylation is 1. The van der Waals surface area contributed by atoms with Crippen LogP contribution in [0.2, 0.25) is 0 Å². The topological polar surface area (TPSA) is 3.24 Å². The zero-order valence-electron chi connectivity index (χ0n) is 7.88. The largest absolute Gasteiger partial charge is 0.458 e. The Labute approximate surface area is 75.0 Å². The van der Waals surface area contributed by atoms with Crippen molar-refractivity contribution in [2.45, 2.75) is 19.9 Å². The van der Waals surface area contributed by atoms with Gasteiger partial charge in [-0.25, -0.2) is 0 Å². The molecule has 12 heavy (non-hydrogen) atoms. The van der Waals surface area contributed by atoms with Crippen molar-refractivity contribution in [2.75, 3.05) is 7.05 Å². The van der Waals surface area contributed by atoms with Crippen molar-refractivity contribution in [3.05, 3.63) is 42.4 Å². The van der Waals surface area contributed by atoms with Crippen LogP contribution in [0.25, 0.3) is 0 Å². The maximum atomic E-state index is 3.81. The van der Waals surface area contributed by atoms with Gasteiger partial charge < -0.3 is 4.90 Å². The Hall–Kier alpha value is -0.820. The molecule has 1 aromatic carbocycles. The Kier molecular flexibility index (Phi) is 3.30. The van der Waals surface area contributed by atoms with Crippen LogP contribution in [0.3, 0.4) is 0 Å². The first-order chi connectivity index (χ1) is 5.72. The van der Waals surface area contributed by atoms with Crippen molar-refractivity contribution in [3.63, 3.8) is 0 Å². The molecule has 0 N–H and O–H groups in total. The Balaban J connectivity index is 2.65. The summed E-state index contributed by atoms with van der Waals surface area (Å²) in [5.41, 5.74) is 2.72. The predicted molar refractivity (Wildman–Crippen MR) is 52.6 cm³/mol. The molecule has 0 aliphatic carbocycles. The summed E-state index contributed by atoms with van der Waals surface area (Å²) in [6.45, 7) is 3.09. The van der Waals surface area contributed by atoms with Crippen molar-refractivity contribution in [2.24, 2.45) is 0 Å². The van der Waals surface area contributed by atoms with Crippen LogP contribution < -0.4 is 0 Å². The van der Waals surface area contributed by atoms with Gasteiger partial charge in [-0.2, -0.15) is 0 Å². The maximum Gasteiger partial charge on any atom is -0.00469 e. The Morgan fingerprint density at radius 2 is 1.67 bits per heavy atom. The van der Waals surface area contributed by atoms with Gasteiger partial charge in [0.2, 0.25) is 0 Å². The second-order valence-electron chi connectivity index (χ2n) is 3.18. The molecule has 0 spiro atoms. The van der Waals surface area contributed by atoms with Crippen LogP contribution in [0.4, 0.5) is 0 Å². The van der Waals surface area contributed by atoms with Crippen LogP contribution in [0.5, 0.6) is 0 Å². The monoisotopic (exact) mass is 162 g/mol. The van der Waals surface area contributed by atoms with Gasteiger partial charge in [-0.15, -0.1) is 0 Å². The molecule has 0 heterocycles. The number of hydrogen-bond donors (Lipinski definition) is 0. The highest BCUT2D eigenvalue weighted by atomic mass is 15.0. The second kappa shape index (κ2) is 4.27. The smallest absolute Gasteiger partial charge is 0.00469 e. The normalized spacial score (nSPS) is 10.7. The minimum Gasteiger partial charge on any atom is -0.458 e. The first-order valence-corrected chi connectivity index (χ1v) is 4.32. The van der Waals surface area contributed by atoms with Gasteiger partial charge in [-0.1, -0.05) is 31.2 Å². The highest BCUT2D eigenvalue weighted by Crippen LogP contribution is 2.06. The average Bonchev–Trinajstić information content (AvgIpc) is 2.05. The third-order valence-corrected chi connectivity index (χ3v) is 1.88. The van der Waals surface area contributed by atoms with E-state index in [0.29, 0.717) is 0 Å². The first-order valence-electron chi connectivity index (χ1n) is 4.32. The molecule has 0 saturated heterocycles. The molecule has 0 aliphatic heterocycles. The van der Waals surface area contributed by atoms with E-state index in [4.69, 9.17) is 0 Å². The molecule has 1 aromatic rings. The summed E-state index contributed by atoms with van der Waals surface area (Å²) < 4.78 is 0. The number of hydrogen-bond acceptors (Lipinski definition) is 1. The summed E-state index contributed by atoms with van der Waals surface area (Å²) in [5, 5.41) is 0. The molecular weight excluding hydrogens is 146 g/mol. The van der Waals surface area contributed by atoms with Gasteiger partial charge >= 0.3 is 0 Å². The molecule has 0 aromatic heterocycles. The van der Waals surface area contributed by atoms with Crippen LogP contribution in [0.1, 0.15) is 18.1 Å². The Morgan fingerprint density at radius 1 is 1.17 bits per heavy atom. The fourth-order valence-electron chi connectivity index (χ4n) is 1.19. The molecule has 0 unspecified atom stereocenters. The molecule has 1 nitrogen and oxygen atoms in total. The van der Waals surface area contributed by atoms with Crippen LogP contribution in [0, 0.1) is 7.05 Å². The maximum absolute atomic E-state index is 3.81. The quantitative estimate of drug-likeness (QED) is 0.617. The predicted octanol–water partition coefficient (Wildman–Crippen LogP) is 2.47. The van der Waals surface area contributed by atoms with Crippen LogP contribution in [-0.2, 0) is 13.0 Å². The first kappa shape index (κ1) is 9.27. The molecule has 1 heteroatoms. The Bertz CT molecular complexity index is 223. The molecule has 66 valence electrons. The molecule has 0 atom stereocenters. The minimum absolute atomic E-state index is 0.921. The van der Waals surface area contributed by atoms with E-state index in [1.165, 1.54) is 11.1 Å². The van der Waals surface area contributed by atoms with Crippen molar-refractivity contribution >= 4 is 0 Å². The summed E-state index contributed by atoms with van der Waals surface area (Å²) in [6.07, 6.45) is 1.11. The highest BCUT2D eigenvalue weighted by Gasteiger charge is 1.91. The molecular formula is C11H16N-. The van der Waals surface area contributed by atoms with E-state index in [-0.39, 0.29) is 0 Å². The lowest BCUT2D eigenvalue weighted by atomic mass is 10.1. The van der Waals surface area contributed by atoms with E-state index in [0.717, 1.165) is 13.0 Å². The van der Waals surface area contributed by atoms with Gasteiger partial charge in [0.15, 0.2) is 0 Å². The van der Waals surface area contributed by atoms with Gasteiger partial charge in [-0.3, -0.25) is 7.05 Å². The summed E-state index contributed by atoms with van der Waals surface area (Å²) in [5.74, 6) is 0. The lowest BCUT2D eigenvalue weighted by Gasteiger charge is -2.17. The third kappa shape index (κ3) is 2.67. The Morgan fingerprint density at radius 3 is 2.08 bits per heavy atom. The summed E-state index contributed by atoms with van der Waals surface area (Å²) in [7, 11) is 5.79. The van der Waals surface area contributed by atoms with Gasteiger partial charge in [-0.05, 0) is 31.1 Å². The van der Waals surface area contributed by atoms with E-state index in [2.05, 4.69) is 38.2 Å². The van der Waals surface area contributed by atoms with Crippen LogP contribution in [-0.4, -0.2) is 11.9 Å². The van der Waals surface area contributed by atoms with Crippen molar-refractivity contribution in [1.82, 2.24) is 4.90 Å². The van der Waals surface area contributed by atoms with Gasteiger partial charge in [0.25, 0.3) is 0 Å². The van der Waals surface area contributed by atoms with Gasteiger partial charge in [0.05, 0.1) is 0 Å². The molecule has 0 amide bonds. The summed E-state index contributed by atoms with van der Waals surface area (Å²) in [6, 6.07) is 8.69. The fraction of sp³-hybridized carbons (Fsp3) is 0.364. The van der Waals surface area contributed by atoms with Gasteiger partial charge in [0.1, 0.15) is 0 Å². The van der Waals surface area contributed by atoms with Crippen LogP contribution in [0.15, 0.2) is 24.3 Å². The zero-order chi connectivity index (χ0) is 8.97. The van der Waals surface area contributed by atoms with Crippen molar-refractivity contribution < 1.29 is 0 Å². The third-order valence-electron chi connectivity index (χ3n) is 1.88. The molecule has 0 aliphatic rings. The number of rotatable bonds is 3. The van der Waals surface area contributed by atoms with Crippen molar-refractivity contribution in [3.8, 4) is 0 Å². The number of nitrogens with zero attached hydrogens (tertiary/aromatic N) is 1. The lowest BCUT2D eigenvalue weighted by Crippen LogP contribution is -2.07. The van der Waals surface area contributed by atoms with Gasteiger partial charge in [0, 0.05) is 0 Å². The molecule has 0 fully saturated rings. The number of benzene rings is 1. The fourth-order valence-corrected chi connectivity index (χ4v) is 1.19. The van der Waals surface area contributed by atoms with E-state index >= 15 is 0 Å². The van der Waals surface area contributed by atoms with E-state index in [1.54, 1.807) is 0 Å². The zero-order valence-corrected chi connectivity index (χ0v) is 7.88. The molecule has 0 saturated carbocycles. The average molecular weight is 162 g/mol. The lowest BCUT2D eigenvalue weighted by molar-refractivity contribution is 0.445. The summed E-state index contributed by atoms with van der Waals surface area (Å²) >= 11 is 0.